The number of halogens is 3. The first-order valence-corrected chi connectivity index (χ1v) is 3.41. The normalized spacial score (nSPS) is 18.5. The zero-order valence-electron chi connectivity index (χ0n) is 7.00. The van der Waals surface area contributed by atoms with E-state index in [4.69, 9.17) is 5.73 Å². The Morgan fingerprint density at radius 3 is 1.73 bits per heavy atom. The molecule has 0 rings (SSSR count). The molecule has 0 heterocycles. The third kappa shape index (κ3) is 4.24. The van der Waals surface area contributed by atoms with E-state index in [1.54, 1.807) is 0 Å². The molecule has 68 valence electrons. The summed E-state index contributed by atoms with van der Waals surface area (Å²) in [5.41, 5.74) is 1.79. The Balaban J connectivity index is 4.13. The fraction of sp³-hybridized carbons (Fsp3) is 1.00. The monoisotopic (exact) mass is 169 g/mol. The van der Waals surface area contributed by atoms with Crippen molar-refractivity contribution >= 4 is 0 Å². The standard InChI is InChI=1S/C7H14F3N/c1-6(2,10)4-7(3,11)5(8)9/h5H,4,11H2,1-3H3. The van der Waals surface area contributed by atoms with Gasteiger partial charge in [0.2, 0.25) is 0 Å². The van der Waals surface area contributed by atoms with Crippen LogP contribution >= 0.6 is 0 Å². The molecule has 1 unspecified atom stereocenters. The molecule has 4 heteroatoms. The summed E-state index contributed by atoms with van der Waals surface area (Å²) in [6.07, 6.45) is -3.02. The van der Waals surface area contributed by atoms with Gasteiger partial charge in [-0.25, -0.2) is 13.2 Å². The summed E-state index contributed by atoms with van der Waals surface area (Å²) in [7, 11) is 0. The number of hydrogen-bond acceptors (Lipinski definition) is 1. The highest BCUT2D eigenvalue weighted by Gasteiger charge is 2.36. The zero-order valence-corrected chi connectivity index (χ0v) is 7.00. The van der Waals surface area contributed by atoms with E-state index in [1.165, 1.54) is 13.8 Å². The van der Waals surface area contributed by atoms with Gasteiger partial charge in [-0.15, -0.1) is 0 Å². The van der Waals surface area contributed by atoms with E-state index in [-0.39, 0.29) is 6.42 Å². The lowest BCUT2D eigenvalue weighted by Crippen LogP contribution is -2.47. The van der Waals surface area contributed by atoms with E-state index in [0.29, 0.717) is 0 Å². The topological polar surface area (TPSA) is 26.0 Å². The van der Waals surface area contributed by atoms with Crippen LogP contribution in [0.2, 0.25) is 0 Å². The minimum atomic E-state index is -2.68. The summed E-state index contributed by atoms with van der Waals surface area (Å²) < 4.78 is 36.9. The van der Waals surface area contributed by atoms with E-state index in [2.05, 4.69) is 0 Å². The maximum Gasteiger partial charge on any atom is 0.256 e. The highest BCUT2D eigenvalue weighted by molar-refractivity contribution is 4.88. The number of alkyl halides is 3. The van der Waals surface area contributed by atoms with Crippen LogP contribution < -0.4 is 5.73 Å². The van der Waals surface area contributed by atoms with Crippen molar-refractivity contribution in [1.29, 1.82) is 0 Å². The van der Waals surface area contributed by atoms with Gasteiger partial charge >= 0.3 is 0 Å². The van der Waals surface area contributed by atoms with Gasteiger partial charge in [0.25, 0.3) is 6.43 Å². The molecule has 0 aromatic rings. The minimum absolute atomic E-state index is 0.336. The molecule has 1 atom stereocenters. The van der Waals surface area contributed by atoms with Gasteiger partial charge in [-0.1, -0.05) is 0 Å². The Bertz CT molecular complexity index is 126. The van der Waals surface area contributed by atoms with Crippen molar-refractivity contribution in [3.05, 3.63) is 0 Å². The van der Waals surface area contributed by atoms with Gasteiger partial charge in [-0.3, -0.25) is 0 Å². The molecule has 0 saturated carbocycles. The van der Waals surface area contributed by atoms with Crippen molar-refractivity contribution in [2.24, 2.45) is 5.73 Å². The average molecular weight is 169 g/mol. The van der Waals surface area contributed by atoms with E-state index in [9.17, 15) is 13.2 Å². The summed E-state index contributed by atoms with van der Waals surface area (Å²) in [5, 5.41) is 0. The second kappa shape index (κ2) is 3.01. The lowest BCUT2D eigenvalue weighted by atomic mass is 9.90. The molecule has 0 aliphatic rings. The van der Waals surface area contributed by atoms with Gasteiger partial charge in [-0.2, -0.15) is 0 Å². The fourth-order valence-corrected chi connectivity index (χ4v) is 0.983. The van der Waals surface area contributed by atoms with Crippen LogP contribution in [0.4, 0.5) is 13.2 Å². The highest BCUT2D eigenvalue weighted by atomic mass is 19.3. The highest BCUT2D eigenvalue weighted by Crippen LogP contribution is 2.26. The Kier molecular flexibility index (Phi) is 2.94. The molecule has 0 amide bonds. The Morgan fingerprint density at radius 2 is 1.64 bits per heavy atom. The zero-order chi connectivity index (χ0) is 9.28. The van der Waals surface area contributed by atoms with Gasteiger partial charge in [0.1, 0.15) is 5.67 Å². The molecule has 0 saturated heterocycles. The first-order chi connectivity index (χ1) is 4.65. The molecule has 2 N–H and O–H groups in total. The molecule has 0 radical (unpaired) electrons. The number of hydrogen-bond donors (Lipinski definition) is 1. The number of rotatable bonds is 3. The van der Waals surface area contributed by atoms with Crippen LogP contribution in [0.25, 0.3) is 0 Å². The smallest absolute Gasteiger partial charge is 0.256 e. The van der Waals surface area contributed by atoms with E-state index < -0.39 is 17.6 Å². The number of nitrogens with two attached hydrogens (primary N) is 1. The van der Waals surface area contributed by atoms with Crippen LogP contribution in [0.15, 0.2) is 0 Å². The minimum Gasteiger partial charge on any atom is -0.321 e. The van der Waals surface area contributed by atoms with Gasteiger partial charge in [0.15, 0.2) is 0 Å². The summed E-state index contributed by atoms with van der Waals surface area (Å²) >= 11 is 0. The average Bonchev–Trinajstić information content (AvgIpc) is 1.56. The van der Waals surface area contributed by atoms with Crippen LogP contribution in [0.3, 0.4) is 0 Å². The quantitative estimate of drug-likeness (QED) is 0.688. The van der Waals surface area contributed by atoms with E-state index in [0.717, 1.165) is 6.92 Å². The first-order valence-electron chi connectivity index (χ1n) is 3.41. The molecule has 0 bridgehead atoms. The van der Waals surface area contributed by atoms with Crippen molar-refractivity contribution in [3.63, 3.8) is 0 Å². The predicted molar refractivity (Wildman–Crippen MR) is 38.4 cm³/mol. The van der Waals surface area contributed by atoms with Crippen LogP contribution in [0.1, 0.15) is 27.2 Å². The van der Waals surface area contributed by atoms with Gasteiger partial charge in [0.05, 0.1) is 5.54 Å². The maximum atomic E-state index is 12.8. The lowest BCUT2D eigenvalue weighted by molar-refractivity contribution is 0.0265. The van der Waals surface area contributed by atoms with Crippen LogP contribution in [0, 0.1) is 0 Å². The first kappa shape index (κ1) is 10.8. The Labute approximate surface area is 64.8 Å². The predicted octanol–water partition coefficient (Wildman–Crippen LogP) is 2.11. The maximum absolute atomic E-state index is 12.8. The second-order valence-electron chi connectivity index (χ2n) is 3.70. The summed E-state index contributed by atoms with van der Waals surface area (Å²) in [4.78, 5) is 0. The molecule has 0 aromatic heterocycles. The summed E-state index contributed by atoms with van der Waals surface area (Å²) in [5.74, 6) is 0. The molecule has 1 nitrogen and oxygen atoms in total. The largest absolute Gasteiger partial charge is 0.321 e. The fourth-order valence-electron chi connectivity index (χ4n) is 0.983. The molecule has 0 aliphatic heterocycles. The van der Waals surface area contributed by atoms with Crippen molar-refractivity contribution in [2.45, 2.75) is 44.8 Å². The molecule has 0 spiro atoms. The van der Waals surface area contributed by atoms with Crippen molar-refractivity contribution in [3.8, 4) is 0 Å². The van der Waals surface area contributed by atoms with Crippen LogP contribution in [-0.4, -0.2) is 17.6 Å². The molecule has 11 heavy (non-hydrogen) atoms. The van der Waals surface area contributed by atoms with Crippen molar-refractivity contribution in [2.75, 3.05) is 0 Å². The molecule has 0 fully saturated rings. The van der Waals surface area contributed by atoms with Crippen molar-refractivity contribution in [1.82, 2.24) is 0 Å². The summed E-state index contributed by atoms with van der Waals surface area (Å²) in [6.45, 7) is 3.62. The van der Waals surface area contributed by atoms with Crippen LogP contribution in [0.5, 0.6) is 0 Å². The van der Waals surface area contributed by atoms with E-state index in [1.807, 2.05) is 0 Å². The summed E-state index contributed by atoms with van der Waals surface area (Å²) in [6, 6.07) is 0. The Hall–Kier alpha value is -0.250. The molecule has 0 aliphatic carbocycles. The SMILES string of the molecule is CC(C)(F)CC(C)(N)C(F)F. The molecular formula is C7H14F3N. The van der Waals surface area contributed by atoms with Gasteiger partial charge in [0, 0.05) is 6.42 Å². The van der Waals surface area contributed by atoms with Crippen molar-refractivity contribution < 1.29 is 13.2 Å². The Morgan fingerprint density at radius 1 is 1.27 bits per heavy atom. The third-order valence-corrected chi connectivity index (χ3v) is 1.30. The second-order valence-corrected chi connectivity index (χ2v) is 3.70. The molecule has 0 aromatic carbocycles. The third-order valence-electron chi connectivity index (χ3n) is 1.30. The van der Waals surface area contributed by atoms with Crippen LogP contribution in [-0.2, 0) is 0 Å². The molecular weight excluding hydrogens is 155 g/mol. The van der Waals surface area contributed by atoms with Gasteiger partial charge < -0.3 is 5.73 Å². The lowest BCUT2D eigenvalue weighted by Gasteiger charge is -2.28. The van der Waals surface area contributed by atoms with E-state index >= 15 is 0 Å². The van der Waals surface area contributed by atoms with Gasteiger partial charge in [-0.05, 0) is 20.8 Å².